The quantitative estimate of drug-likeness (QED) is 0.171. The van der Waals surface area contributed by atoms with Gasteiger partial charge in [0.15, 0.2) is 0 Å². The second-order valence-electron chi connectivity index (χ2n) is 9.38. The van der Waals surface area contributed by atoms with Gasteiger partial charge in [0.05, 0.1) is 12.0 Å². The molecule has 1 aromatic carbocycles. The number of rotatable bonds is 6. The monoisotopic (exact) mass is 571 g/mol. The van der Waals surface area contributed by atoms with E-state index in [9.17, 15) is 39.0 Å². The smallest absolute Gasteiger partial charge is 0.548 e. The number of benzene rings is 1. The van der Waals surface area contributed by atoms with E-state index >= 15 is 0 Å². The molecule has 0 saturated carbocycles. The van der Waals surface area contributed by atoms with Gasteiger partial charge < -0.3 is 35.4 Å². The number of carboxylic acid groups (broad SMARTS) is 1. The van der Waals surface area contributed by atoms with Crippen molar-refractivity contribution in [2.45, 2.75) is 49.0 Å². The third-order valence-corrected chi connectivity index (χ3v) is 8.23. The molecule has 4 rings (SSSR count). The van der Waals surface area contributed by atoms with Crippen LogP contribution in [0.4, 0.5) is 4.79 Å². The van der Waals surface area contributed by atoms with E-state index in [4.69, 9.17) is 0 Å². The molecule has 0 spiro atoms. The largest absolute Gasteiger partial charge is 1.00 e. The fourth-order valence-corrected chi connectivity index (χ4v) is 6.32. The fraction of sp³-hybridized carbons (Fsp3) is 0.478. The number of carbonyl (C=O) groups excluding carboxylic acids is 6. The average molecular weight is 572 g/mol. The molecule has 3 aliphatic heterocycles. The second-order valence-corrected chi connectivity index (χ2v) is 11.2. The number of carbonyl (C=O) groups is 6. The number of piperazine rings is 1. The van der Waals surface area contributed by atoms with Crippen LogP contribution in [0.1, 0.15) is 32.4 Å². The van der Waals surface area contributed by atoms with Gasteiger partial charge in [0.1, 0.15) is 23.2 Å². The van der Waals surface area contributed by atoms with Crippen LogP contribution in [0.3, 0.4) is 0 Å². The van der Waals surface area contributed by atoms with Crippen molar-refractivity contribution in [3.63, 3.8) is 0 Å². The van der Waals surface area contributed by atoms with Crippen molar-refractivity contribution in [1.29, 1.82) is 0 Å². The summed E-state index contributed by atoms with van der Waals surface area (Å²) in [5.41, 5.74) is 0.241. The summed E-state index contributed by atoms with van der Waals surface area (Å²) < 4.78 is -0.850. The summed E-state index contributed by atoms with van der Waals surface area (Å²) in [5, 5.41) is 25.6. The molecule has 4 unspecified atom stereocenters. The van der Waals surface area contributed by atoms with Gasteiger partial charge in [-0.3, -0.25) is 24.1 Å². The Kier molecular flexibility index (Phi) is 9.20. The Morgan fingerprint density at radius 3 is 2.34 bits per heavy atom. The van der Waals surface area contributed by atoms with E-state index in [0.29, 0.717) is 11.4 Å². The van der Waals surface area contributed by atoms with Crippen molar-refractivity contribution in [2.24, 2.45) is 0 Å². The van der Waals surface area contributed by atoms with Gasteiger partial charge in [-0.1, -0.05) is 12.1 Å². The van der Waals surface area contributed by atoms with Crippen LogP contribution in [0.5, 0.6) is 5.75 Å². The number of β-lactam (4-membered cyclic amide) rings is 1. The SMILES string of the molecule is CCN1CCN(C(=O)NC(C(=O)NC2C(=O)N3C2SC(C)(C)C3C(=O)[O-])c2ccc(O)cc2)C(=O)C1=O.[K+]. The van der Waals surface area contributed by atoms with Crippen molar-refractivity contribution in [2.75, 3.05) is 19.6 Å². The van der Waals surface area contributed by atoms with Gasteiger partial charge in [-0.25, -0.2) is 4.79 Å². The Morgan fingerprint density at radius 2 is 1.76 bits per heavy atom. The topological polar surface area (TPSA) is 179 Å². The molecule has 0 aliphatic carbocycles. The molecule has 3 N–H and O–H groups in total. The molecule has 3 aliphatic rings. The van der Waals surface area contributed by atoms with Gasteiger partial charge in [0.25, 0.3) is 0 Å². The molecule has 198 valence electrons. The molecule has 3 saturated heterocycles. The number of phenolic OH excluding ortho intramolecular Hbond substituents is 1. The molecular weight excluding hydrogens is 545 g/mol. The van der Waals surface area contributed by atoms with Crippen molar-refractivity contribution in [1.82, 2.24) is 25.3 Å². The predicted molar refractivity (Wildman–Crippen MR) is 126 cm³/mol. The normalized spacial score (nSPS) is 24.7. The van der Waals surface area contributed by atoms with E-state index in [0.717, 1.165) is 4.90 Å². The third kappa shape index (κ3) is 5.44. The first kappa shape index (κ1) is 30.4. The van der Waals surface area contributed by atoms with Crippen molar-refractivity contribution in [3.8, 4) is 5.75 Å². The number of urea groups is 1. The number of hydrogen-bond donors (Lipinski definition) is 3. The maximum absolute atomic E-state index is 13.3. The number of hydrogen-bond acceptors (Lipinski definition) is 9. The fourth-order valence-electron chi connectivity index (χ4n) is 4.70. The van der Waals surface area contributed by atoms with E-state index < -0.39 is 63.9 Å². The van der Waals surface area contributed by atoms with Crippen LogP contribution >= 0.6 is 11.8 Å². The van der Waals surface area contributed by atoms with E-state index in [1.165, 1.54) is 40.9 Å². The van der Waals surface area contributed by atoms with E-state index in [1.54, 1.807) is 20.8 Å². The second kappa shape index (κ2) is 11.5. The Hall–Kier alpha value is -2.17. The number of aromatic hydroxyl groups is 1. The van der Waals surface area contributed by atoms with Crippen LogP contribution in [0.25, 0.3) is 0 Å². The minimum atomic E-state index is -1.39. The minimum Gasteiger partial charge on any atom is -0.548 e. The van der Waals surface area contributed by atoms with Crippen LogP contribution in [0.15, 0.2) is 24.3 Å². The molecule has 38 heavy (non-hydrogen) atoms. The Labute approximate surface area is 265 Å². The van der Waals surface area contributed by atoms with Crippen LogP contribution in [-0.2, 0) is 24.0 Å². The zero-order valence-electron chi connectivity index (χ0n) is 21.3. The van der Waals surface area contributed by atoms with Crippen LogP contribution in [0, 0.1) is 0 Å². The summed E-state index contributed by atoms with van der Waals surface area (Å²) in [5.74, 6) is -4.74. The first-order chi connectivity index (χ1) is 17.4. The Morgan fingerprint density at radius 1 is 1.13 bits per heavy atom. The number of phenols is 1. The number of fused-ring (bicyclic) bond motifs is 1. The van der Waals surface area contributed by atoms with E-state index in [1.807, 2.05) is 0 Å². The van der Waals surface area contributed by atoms with Gasteiger partial charge in [0, 0.05) is 24.4 Å². The first-order valence-corrected chi connectivity index (χ1v) is 12.5. The van der Waals surface area contributed by atoms with E-state index in [2.05, 4.69) is 10.6 Å². The maximum Gasteiger partial charge on any atom is 1.00 e. The van der Waals surface area contributed by atoms with Gasteiger partial charge >= 0.3 is 69.2 Å². The number of likely N-dealkylation sites (N-methyl/N-ethyl adjacent to an activating group) is 1. The van der Waals surface area contributed by atoms with Gasteiger partial charge in [0.2, 0.25) is 11.8 Å². The number of thioether (sulfide) groups is 1. The number of aliphatic carboxylic acids is 1. The molecule has 0 bridgehead atoms. The van der Waals surface area contributed by atoms with Gasteiger partial charge in [-0.2, -0.15) is 0 Å². The molecular formula is C23H26KN5O8S. The molecule has 6 amide bonds. The molecule has 3 fully saturated rings. The number of nitrogens with one attached hydrogen (secondary N) is 2. The maximum atomic E-state index is 13.3. The summed E-state index contributed by atoms with van der Waals surface area (Å²) >= 11 is 1.21. The van der Waals surface area contributed by atoms with Crippen molar-refractivity contribution >= 4 is 47.4 Å². The number of imide groups is 1. The molecule has 0 radical (unpaired) electrons. The third-order valence-electron chi connectivity index (χ3n) is 6.65. The van der Waals surface area contributed by atoms with Crippen LogP contribution in [-0.4, -0.2) is 97.3 Å². The average Bonchev–Trinajstić information content (AvgIpc) is 3.10. The summed E-state index contributed by atoms with van der Waals surface area (Å²) in [6.07, 6.45) is 0. The summed E-state index contributed by atoms with van der Waals surface area (Å²) in [6.45, 7) is 5.42. The van der Waals surface area contributed by atoms with Gasteiger partial charge in [-0.05, 0) is 38.5 Å². The zero-order valence-corrected chi connectivity index (χ0v) is 25.2. The Bertz CT molecular complexity index is 1180. The standard InChI is InChI=1S/C23H27N5O8S.K/c1-4-26-9-10-27(19(33)18(26)32)22(36)25-13(11-5-7-12(29)8-6-11)16(30)24-14-17(31)28-15(21(34)35)23(2,3)37-20(14)28;/h5-8,13-15,20,29H,4,9-10H2,1-3H3,(H,24,30)(H,25,36)(H,34,35);/q;+1/p-1. The minimum absolute atomic E-state index is 0. The van der Waals surface area contributed by atoms with Crippen LogP contribution < -0.4 is 67.1 Å². The van der Waals surface area contributed by atoms with Crippen LogP contribution in [0.2, 0.25) is 0 Å². The predicted octanol–water partition coefficient (Wildman–Crippen LogP) is -4.87. The number of nitrogens with zero attached hydrogens (tertiary/aromatic N) is 3. The molecule has 4 atom stereocenters. The van der Waals surface area contributed by atoms with E-state index in [-0.39, 0.29) is 75.8 Å². The molecule has 3 heterocycles. The van der Waals surface area contributed by atoms with Crippen molar-refractivity contribution in [3.05, 3.63) is 29.8 Å². The zero-order chi connectivity index (χ0) is 27.2. The Balaban J connectivity index is 0.00000400. The van der Waals surface area contributed by atoms with Gasteiger partial charge in [-0.15, -0.1) is 11.8 Å². The summed E-state index contributed by atoms with van der Waals surface area (Å²) in [6, 6.07) is 0.789. The number of carboxylic acids is 1. The summed E-state index contributed by atoms with van der Waals surface area (Å²) in [4.78, 5) is 78.6. The summed E-state index contributed by atoms with van der Waals surface area (Å²) in [7, 11) is 0. The first-order valence-electron chi connectivity index (χ1n) is 11.6. The number of amides is 6. The molecule has 15 heteroatoms. The van der Waals surface area contributed by atoms with Crippen molar-refractivity contribution < 1.29 is 90.4 Å². The molecule has 1 aromatic rings. The molecule has 13 nitrogen and oxygen atoms in total. The molecule has 0 aromatic heterocycles.